The van der Waals surface area contributed by atoms with Crippen molar-refractivity contribution in [3.63, 3.8) is 0 Å². The van der Waals surface area contributed by atoms with Gasteiger partial charge in [-0.3, -0.25) is 9.78 Å². The summed E-state index contributed by atoms with van der Waals surface area (Å²) in [5.74, 6) is 0.449. The Morgan fingerprint density at radius 2 is 1.96 bits per heavy atom. The van der Waals surface area contributed by atoms with Crippen LogP contribution in [0.2, 0.25) is 0 Å². The van der Waals surface area contributed by atoms with Gasteiger partial charge in [-0.2, -0.15) is 0 Å². The monoisotopic (exact) mass is 347 g/mol. The fourth-order valence-electron chi connectivity index (χ4n) is 3.63. The summed E-state index contributed by atoms with van der Waals surface area (Å²) in [6.45, 7) is 3.47. The highest BCUT2D eigenvalue weighted by Crippen LogP contribution is 2.29. The van der Waals surface area contributed by atoms with Gasteiger partial charge in [0.2, 0.25) is 0 Å². The standard InChI is InChI=1S/C21H21N3O2/c1-14-11-24(12-16(14)13-25)21(26)18-10-20(15-6-8-22-9-7-15)23-19-5-3-2-4-17(18)19/h2-10,14,16,25H,11-13H2,1H3/t14-,16+/m1/s1. The molecule has 1 aliphatic rings. The predicted molar refractivity (Wildman–Crippen MR) is 101 cm³/mol. The molecule has 0 aliphatic carbocycles. The maximum absolute atomic E-state index is 13.3. The molecule has 2 atom stereocenters. The second-order valence-corrected chi connectivity index (χ2v) is 6.94. The predicted octanol–water partition coefficient (Wildman–Crippen LogP) is 3.00. The third-order valence-corrected chi connectivity index (χ3v) is 5.21. The van der Waals surface area contributed by atoms with Gasteiger partial charge >= 0.3 is 0 Å². The van der Waals surface area contributed by atoms with Gasteiger partial charge in [0, 0.05) is 49.0 Å². The van der Waals surface area contributed by atoms with Gasteiger partial charge in [-0.1, -0.05) is 25.1 Å². The number of likely N-dealkylation sites (tertiary alicyclic amines) is 1. The molecule has 26 heavy (non-hydrogen) atoms. The number of hydrogen-bond acceptors (Lipinski definition) is 4. The smallest absolute Gasteiger partial charge is 0.254 e. The van der Waals surface area contributed by atoms with E-state index in [4.69, 9.17) is 4.98 Å². The number of aromatic nitrogens is 2. The number of fused-ring (bicyclic) bond motifs is 1. The quantitative estimate of drug-likeness (QED) is 0.791. The van der Waals surface area contributed by atoms with Crippen molar-refractivity contribution in [1.29, 1.82) is 0 Å². The number of amides is 1. The summed E-state index contributed by atoms with van der Waals surface area (Å²) in [6, 6.07) is 13.4. The van der Waals surface area contributed by atoms with Crippen LogP contribution in [-0.2, 0) is 0 Å². The number of carbonyl (C=O) groups excluding carboxylic acids is 1. The van der Waals surface area contributed by atoms with Crippen molar-refractivity contribution in [2.45, 2.75) is 6.92 Å². The van der Waals surface area contributed by atoms with Crippen LogP contribution < -0.4 is 0 Å². The molecule has 1 fully saturated rings. The lowest BCUT2D eigenvalue weighted by molar-refractivity contribution is 0.0782. The van der Waals surface area contributed by atoms with Gasteiger partial charge in [0.15, 0.2) is 0 Å². The number of pyridine rings is 2. The first-order valence-electron chi connectivity index (χ1n) is 8.87. The zero-order valence-electron chi connectivity index (χ0n) is 14.7. The second kappa shape index (κ2) is 6.84. The van der Waals surface area contributed by atoms with Crippen molar-refractivity contribution in [1.82, 2.24) is 14.9 Å². The van der Waals surface area contributed by atoms with Crippen LogP contribution in [0.5, 0.6) is 0 Å². The van der Waals surface area contributed by atoms with Crippen molar-refractivity contribution < 1.29 is 9.90 Å². The number of benzene rings is 1. The Morgan fingerprint density at radius 3 is 2.69 bits per heavy atom. The van der Waals surface area contributed by atoms with Crippen molar-refractivity contribution in [3.05, 3.63) is 60.4 Å². The van der Waals surface area contributed by atoms with Crippen LogP contribution in [0.25, 0.3) is 22.2 Å². The van der Waals surface area contributed by atoms with Gasteiger partial charge in [-0.05, 0) is 30.2 Å². The lowest BCUT2D eigenvalue weighted by Crippen LogP contribution is -2.29. The molecule has 0 spiro atoms. The van der Waals surface area contributed by atoms with E-state index in [1.165, 1.54) is 0 Å². The highest BCUT2D eigenvalue weighted by Gasteiger charge is 2.33. The minimum atomic E-state index is 0.00158. The fraction of sp³-hybridized carbons (Fsp3) is 0.286. The van der Waals surface area contributed by atoms with Crippen LogP contribution in [0.15, 0.2) is 54.9 Å². The summed E-state index contributed by atoms with van der Waals surface area (Å²) in [7, 11) is 0. The number of aliphatic hydroxyl groups excluding tert-OH is 1. The van der Waals surface area contributed by atoms with Gasteiger partial charge in [0.1, 0.15) is 0 Å². The van der Waals surface area contributed by atoms with Crippen LogP contribution in [0, 0.1) is 11.8 Å². The van der Waals surface area contributed by atoms with E-state index >= 15 is 0 Å². The average Bonchev–Trinajstić information content (AvgIpc) is 3.08. The number of aliphatic hydroxyl groups is 1. The molecule has 4 rings (SSSR count). The van der Waals surface area contributed by atoms with E-state index in [0.29, 0.717) is 24.6 Å². The molecule has 1 saturated heterocycles. The lowest BCUT2D eigenvalue weighted by atomic mass is 10.00. The highest BCUT2D eigenvalue weighted by atomic mass is 16.3. The maximum Gasteiger partial charge on any atom is 0.254 e. The molecular weight excluding hydrogens is 326 g/mol. The summed E-state index contributed by atoms with van der Waals surface area (Å²) in [6.07, 6.45) is 3.45. The van der Waals surface area contributed by atoms with Crippen LogP contribution in [0.4, 0.5) is 0 Å². The van der Waals surface area contributed by atoms with Crippen LogP contribution in [0.3, 0.4) is 0 Å². The Labute approximate surface area is 152 Å². The molecule has 0 bridgehead atoms. The summed E-state index contributed by atoms with van der Waals surface area (Å²) >= 11 is 0. The van der Waals surface area contributed by atoms with Crippen molar-refractivity contribution in [3.8, 4) is 11.3 Å². The molecule has 3 aromatic rings. The Kier molecular flexibility index (Phi) is 4.39. The third-order valence-electron chi connectivity index (χ3n) is 5.21. The Balaban J connectivity index is 1.80. The molecule has 3 heterocycles. The number of para-hydroxylation sites is 1. The Morgan fingerprint density at radius 1 is 1.19 bits per heavy atom. The van der Waals surface area contributed by atoms with E-state index in [-0.39, 0.29) is 18.4 Å². The van der Waals surface area contributed by atoms with Crippen molar-refractivity contribution in [2.24, 2.45) is 11.8 Å². The van der Waals surface area contributed by atoms with E-state index in [1.807, 2.05) is 47.4 Å². The highest BCUT2D eigenvalue weighted by molar-refractivity contribution is 6.07. The van der Waals surface area contributed by atoms with Crippen LogP contribution in [-0.4, -0.2) is 45.6 Å². The number of hydrogen-bond donors (Lipinski definition) is 1. The van der Waals surface area contributed by atoms with E-state index in [9.17, 15) is 9.90 Å². The van der Waals surface area contributed by atoms with Gasteiger partial charge in [0.25, 0.3) is 5.91 Å². The molecule has 5 nitrogen and oxygen atoms in total. The van der Waals surface area contributed by atoms with Crippen LogP contribution in [0.1, 0.15) is 17.3 Å². The molecule has 1 aromatic carbocycles. The maximum atomic E-state index is 13.3. The normalized spacial score (nSPS) is 19.8. The average molecular weight is 347 g/mol. The summed E-state index contributed by atoms with van der Waals surface area (Å²) in [4.78, 5) is 23.9. The largest absolute Gasteiger partial charge is 0.396 e. The first-order chi connectivity index (χ1) is 12.7. The minimum Gasteiger partial charge on any atom is -0.396 e. The summed E-state index contributed by atoms with van der Waals surface area (Å²) in [5, 5.41) is 10.4. The summed E-state index contributed by atoms with van der Waals surface area (Å²) < 4.78 is 0. The molecule has 2 aromatic heterocycles. The third kappa shape index (κ3) is 2.95. The minimum absolute atomic E-state index is 0.00158. The number of carbonyl (C=O) groups is 1. The topological polar surface area (TPSA) is 66.3 Å². The van der Waals surface area contributed by atoms with E-state index < -0.39 is 0 Å². The first-order valence-corrected chi connectivity index (χ1v) is 8.87. The first kappa shape index (κ1) is 16.7. The zero-order chi connectivity index (χ0) is 18.1. The molecular formula is C21H21N3O2. The van der Waals surface area contributed by atoms with Gasteiger partial charge in [-0.15, -0.1) is 0 Å². The number of nitrogens with zero attached hydrogens (tertiary/aromatic N) is 3. The SMILES string of the molecule is C[C@@H]1CN(C(=O)c2cc(-c3ccncc3)nc3ccccc23)C[C@H]1CO. The van der Waals surface area contributed by atoms with Gasteiger partial charge in [-0.25, -0.2) is 4.98 Å². The fourth-order valence-corrected chi connectivity index (χ4v) is 3.63. The van der Waals surface area contributed by atoms with Gasteiger partial charge < -0.3 is 10.0 Å². The molecule has 1 aliphatic heterocycles. The Bertz CT molecular complexity index is 942. The van der Waals surface area contributed by atoms with E-state index in [2.05, 4.69) is 11.9 Å². The zero-order valence-corrected chi connectivity index (χ0v) is 14.7. The molecule has 0 saturated carbocycles. The molecule has 5 heteroatoms. The number of rotatable bonds is 3. The van der Waals surface area contributed by atoms with E-state index in [1.54, 1.807) is 12.4 Å². The van der Waals surface area contributed by atoms with Crippen molar-refractivity contribution in [2.75, 3.05) is 19.7 Å². The second-order valence-electron chi connectivity index (χ2n) is 6.94. The molecule has 1 N–H and O–H groups in total. The molecule has 1 amide bonds. The Hall–Kier alpha value is -2.79. The van der Waals surface area contributed by atoms with Gasteiger partial charge in [0.05, 0.1) is 16.8 Å². The van der Waals surface area contributed by atoms with E-state index in [0.717, 1.165) is 22.2 Å². The summed E-state index contributed by atoms with van der Waals surface area (Å²) in [5.41, 5.74) is 3.16. The van der Waals surface area contributed by atoms with Crippen LogP contribution >= 0.6 is 0 Å². The molecule has 132 valence electrons. The molecule has 0 unspecified atom stereocenters. The lowest BCUT2D eigenvalue weighted by Gasteiger charge is -2.18. The molecule has 0 radical (unpaired) electrons. The van der Waals surface area contributed by atoms with Crippen molar-refractivity contribution >= 4 is 16.8 Å².